The van der Waals surface area contributed by atoms with Crippen molar-refractivity contribution in [3.05, 3.63) is 23.3 Å². The summed E-state index contributed by atoms with van der Waals surface area (Å²) >= 11 is 0. The van der Waals surface area contributed by atoms with Gasteiger partial charge in [0.2, 0.25) is 0 Å². The molecule has 4 atom stereocenters. The molecule has 4 aliphatic carbocycles. The molecule has 0 aromatic rings. The lowest BCUT2D eigenvalue weighted by Gasteiger charge is -2.39. The Balaban J connectivity index is 0.000000693. The number of rotatable bonds is 0. The maximum absolute atomic E-state index is 12.3. The van der Waals surface area contributed by atoms with E-state index in [-0.39, 0.29) is 5.41 Å². The number of ketones is 1. The molecule has 1 nitrogen and oxygen atoms in total. The third-order valence-electron chi connectivity index (χ3n) is 6.78. The SMILES string of the molecule is CC.CC12CC=C3C=C4CCCCC4CCC3C1CCC2=O. The number of carbonyl (C=O) groups is 1. The zero-order valence-corrected chi connectivity index (χ0v) is 14.7. The van der Waals surface area contributed by atoms with Gasteiger partial charge in [-0.2, -0.15) is 0 Å². The molecule has 0 aromatic carbocycles. The second-order valence-electron chi connectivity index (χ2n) is 7.74. The van der Waals surface area contributed by atoms with Crippen LogP contribution in [-0.2, 0) is 4.79 Å². The van der Waals surface area contributed by atoms with Gasteiger partial charge >= 0.3 is 0 Å². The molecule has 0 aliphatic heterocycles. The van der Waals surface area contributed by atoms with Crippen LogP contribution in [0.2, 0.25) is 0 Å². The van der Waals surface area contributed by atoms with E-state index in [9.17, 15) is 4.79 Å². The lowest BCUT2D eigenvalue weighted by Crippen LogP contribution is -2.36. The van der Waals surface area contributed by atoms with E-state index in [1.807, 2.05) is 13.8 Å². The van der Waals surface area contributed by atoms with Gasteiger partial charge in [0.15, 0.2) is 0 Å². The molecule has 2 fully saturated rings. The maximum atomic E-state index is 12.3. The minimum atomic E-state index is -0.0256. The predicted molar refractivity (Wildman–Crippen MR) is 92.7 cm³/mol. The highest BCUT2D eigenvalue weighted by Crippen LogP contribution is 2.55. The zero-order valence-electron chi connectivity index (χ0n) is 14.7. The van der Waals surface area contributed by atoms with Crippen LogP contribution in [0.4, 0.5) is 0 Å². The summed E-state index contributed by atoms with van der Waals surface area (Å²) in [5, 5.41) is 0. The van der Waals surface area contributed by atoms with Crippen LogP contribution in [0.3, 0.4) is 0 Å². The highest BCUT2D eigenvalue weighted by atomic mass is 16.1. The lowest BCUT2D eigenvalue weighted by atomic mass is 9.63. The first-order chi connectivity index (χ1) is 10.7. The van der Waals surface area contributed by atoms with E-state index in [2.05, 4.69) is 19.1 Å². The van der Waals surface area contributed by atoms with Crippen molar-refractivity contribution in [2.45, 2.75) is 78.6 Å². The molecule has 1 heteroatoms. The van der Waals surface area contributed by atoms with Gasteiger partial charge in [-0.15, -0.1) is 0 Å². The van der Waals surface area contributed by atoms with Gasteiger partial charge in [0.05, 0.1) is 0 Å². The van der Waals surface area contributed by atoms with Crippen LogP contribution >= 0.6 is 0 Å². The fraction of sp³-hybridized carbons (Fsp3) is 0.762. The zero-order chi connectivity index (χ0) is 15.7. The summed E-state index contributed by atoms with van der Waals surface area (Å²) in [5.74, 6) is 2.70. The molecule has 0 aromatic heterocycles. The van der Waals surface area contributed by atoms with Crippen LogP contribution < -0.4 is 0 Å². The molecule has 4 aliphatic rings. The Bertz CT molecular complexity index is 498. The van der Waals surface area contributed by atoms with Gasteiger partial charge in [-0.25, -0.2) is 0 Å². The van der Waals surface area contributed by atoms with Crippen molar-refractivity contribution in [1.29, 1.82) is 0 Å². The number of carbonyl (C=O) groups excluding carboxylic acids is 1. The summed E-state index contributed by atoms with van der Waals surface area (Å²) in [7, 11) is 0. The highest BCUT2D eigenvalue weighted by Gasteiger charge is 2.51. The molecule has 0 bridgehead atoms. The van der Waals surface area contributed by atoms with Gasteiger partial charge in [0.1, 0.15) is 5.78 Å². The van der Waals surface area contributed by atoms with Crippen molar-refractivity contribution < 1.29 is 4.79 Å². The molecule has 4 unspecified atom stereocenters. The van der Waals surface area contributed by atoms with Crippen molar-refractivity contribution in [3.63, 3.8) is 0 Å². The second-order valence-corrected chi connectivity index (χ2v) is 7.74. The van der Waals surface area contributed by atoms with Gasteiger partial charge in [0, 0.05) is 11.8 Å². The molecular formula is C21H32O. The van der Waals surface area contributed by atoms with E-state index in [1.165, 1.54) is 38.5 Å². The molecule has 0 spiro atoms. The van der Waals surface area contributed by atoms with Crippen LogP contribution in [0.1, 0.15) is 78.6 Å². The molecule has 0 heterocycles. The Morgan fingerprint density at radius 2 is 1.86 bits per heavy atom. The number of Topliss-reactive ketones (excluding diaryl/α,β-unsaturated/α-hetero) is 1. The van der Waals surface area contributed by atoms with Crippen LogP contribution in [0.5, 0.6) is 0 Å². The average molecular weight is 300 g/mol. The Kier molecular flexibility index (Phi) is 4.61. The van der Waals surface area contributed by atoms with Crippen molar-refractivity contribution in [2.24, 2.45) is 23.2 Å². The topological polar surface area (TPSA) is 17.1 Å². The molecular weight excluding hydrogens is 268 g/mol. The quantitative estimate of drug-likeness (QED) is 0.548. The van der Waals surface area contributed by atoms with E-state index in [1.54, 1.807) is 11.1 Å². The molecule has 0 radical (unpaired) electrons. The summed E-state index contributed by atoms with van der Waals surface area (Å²) in [4.78, 5) is 12.3. The van der Waals surface area contributed by atoms with Gasteiger partial charge in [-0.05, 0) is 68.3 Å². The van der Waals surface area contributed by atoms with Crippen LogP contribution in [0.15, 0.2) is 23.3 Å². The van der Waals surface area contributed by atoms with Gasteiger partial charge in [-0.3, -0.25) is 4.79 Å². The number of hydrogen-bond acceptors (Lipinski definition) is 1. The number of allylic oxidation sites excluding steroid dienone is 4. The van der Waals surface area contributed by atoms with E-state index < -0.39 is 0 Å². The third-order valence-corrected chi connectivity index (χ3v) is 6.78. The van der Waals surface area contributed by atoms with Crippen LogP contribution in [0, 0.1) is 23.2 Å². The Hall–Kier alpha value is -0.850. The second kappa shape index (κ2) is 6.34. The summed E-state index contributed by atoms with van der Waals surface area (Å²) < 4.78 is 0. The number of fused-ring (bicyclic) bond motifs is 4. The van der Waals surface area contributed by atoms with E-state index in [4.69, 9.17) is 0 Å². The first-order valence-corrected chi connectivity index (χ1v) is 9.62. The minimum absolute atomic E-state index is 0.0256. The summed E-state index contributed by atoms with van der Waals surface area (Å²) in [6.07, 6.45) is 16.2. The molecule has 2 saturated carbocycles. The van der Waals surface area contributed by atoms with E-state index in [0.717, 1.165) is 25.2 Å². The first kappa shape index (κ1) is 16.0. The maximum Gasteiger partial charge on any atom is 0.139 e. The van der Waals surface area contributed by atoms with Crippen molar-refractivity contribution in [2.75, 3.05) is 0 Å². The molecule has 0 amide bonds. The predicted octanol–water partition coefficient (Wildman–Crippen LogP) is 5.85. The fourth-order valence-corrected chi connectivity index (χ4v) is 5.48. The standard InChI is InChI=1S/C19H26O.C2H6/c1-19-11-10-15-12-14-5-3-2-4-13(14)6-7-16(15)17(19)8-9-18(19)20;1-2/h10,12-13,16-17H,2-9,11H2,1H3;1-2H3. The minimum Gasteiger partial charge on any atom is -0.299 e. The van der Waals surface area contributed by atoms with E-state index in [0.29, 0.717) is 17.6 Å². The summed E-state index contributed by atoms with van der Waals surface area (Å²) in [6, 6.07) is 0. The Labute approximate surface area is 136 Å². The highest BCUT2D eigenvalue weighted by molar-refractivity contribution is 5.87. The smallest absolute Gasteiger partial charge is 0.139 e. The van der Waals surface area contributed by atoms with Gasteiger partial charge < -0.3 is 0 Å². The summed E-state index contributed by atoms with van der Waals surface area (Å²) in [6.45, 7) is 6.24. The van der Waals surface area contributed by atoms with Crippen molar-refractivity contribution in [1.82, 2.24) is 0 Å². The normalized spacial score (nSPS) is 40.1. The molecule has 4 rings (SSSR count). The van der Waals surface area contributed by atoms with Crippen LogP contribution in [-0.4, -0.2) is 5.78 Å². The van der Waals surface area contributed by atoms with Crippen molar-refractivity contribution >= 4 is 5.78 Å². The Morgan fingerprint density at radius 3 is 2.68 bits per heavy atom. The van der Waals surface area contributed by atoms with Gasteiger partial charge in [0.25, 0.3) is 0 Å². The largest absolute Gasteiger partial charge is 0.299 e. The van der Waals surface area contributed by atoms with Crippen molar-refractivity contribution in [3.8, 4) is 0 Å². The van der Waals surface area contributed by atoms with Crippen LogP contribution in [0.25, 0.3) is 0 Å². The fourth-order valence-electron chi connectivity index (χ4n) is 5.48. The summed E-state index contributed by atoms with van der Waals surface area (Å²) in [5.41, 5.74) is 3.31. The third kappa shape index (κ3) is 2.51. The molecule has 122 valence electrons. The lowest BCUT2D eigenvalue weighted by molar-refractivity contribution is -0.127. The molecule has 0 saturated heterocycles. The van der Waals surface area contributed by atoms with E-state index >= 15 is 0 Å². The monoisotopic (exact) mass is 300 g/mol. The average Bonchev–Trinajstić information content (AvgIpc) is 2.75. The Morgan fingerprint density at radius 1 is 1.05 bits per heavy atom. The molecule has 0 N–H and O–H groups in total. The molecule has 22 heavy (non-hydrogen) atoms. The number of hydrogen-bond donors (Lipinski definition) is 0. The first-order valence-electron chi connectivity index (χ1n) is 9.62. The van der Waals surface area contributed by atoms with Gasteiger partial charge in [-0.1, -0.05) is 44.9 Å².